The molecule has 0 radical (unpaired) electrons. The molecule has 3 nitrogen and oxygen atoms in total. The Kier molecular flexibility index (Phi) is 4.72. The molecule has 0 bridgehead atoms. The van der Waals surface area contributed by atoms with E-state index in [-0.39, 0.29) is 5.69 Å². The predicted octanol–water partition coefficient (Wildman–Crippen LogP) is 5.40. The van der Waals surface area contributed by atoms with Gasteiger partial charge in [-0.3, -0.25) is 0 Å². The highest BCUT2D eigenvalue weighted by Gasteiger charge is 2.39. The molecule has 1 aromatic heterocycles. The largest absolute Gasteiger partial charge is 0.436 e. The summed E-state index contributed by atoms with van der Waals surface area (Å²) in [7, 11) is 0. The van der Waals surface area contributed by atoms with Crippen molar-refractivity contribution in [1.29, 1.82) is 0 Å². The number of rotatable bonds is 1. The molecular formula is C11H4Cl2F6IN3. The monoisotopic (exact) mass is 489 g/mol. The van der Waals surface area contributed by atoms with E-state index in [2.05, 4.69) is 5.10 Å². The molecule has 0 unspecified atom stereocenters. The Morgan fingerprint density at radius 3 is 1.83 bits per heavy atom. The number of hydrogen-bond acceptors (Lipinski definition) is 2. The van der Waals surface area contributed by atoms with Gasteiger partial charge in [-0.1, -0.05) is 23.2 Å². The highest BCUT2D eigenvalue weighted by molar-refractivity contribution is 14.1. The van der Waals surface area contributed by atoms with Crippen LogP contribution in [0.15, 0.2) is 12.1 Å². The number of aromatic nitrogens is 2. The van der Waals surface area contributed by atoms with Crippen molar-refractivity contribution in [3.05, 3.63) is 37.0 Å². The number of alkyl halides is 6. The van der Waals surface area contributed by atoms with E-state index in [4.69, 9.17) is 28.9 Å². The standard InChI is InChI=1S/C11H4Cl2F6IN3/c12-4-1-3(10(14,15)16)2-5(13)7(4)23-9(21)6(20)8(22-23)11(17,18)19/h1-2H,21H2. The third-order valence-electron chi connectivity index (χ3n) is 2.69. The summed E-state index contributed by atoms with van der Waals surface area (Å²) in [4.78, 5) is 0. The molecule has 23 heavy (non-hydrogen) atoms. The molecule has 0 aliphatic rings. The zero-order valence-corrected chi connectivity index (χ0v) is 14.2. The van der Waals surface area contributed by atoms with Crippen LogP contribution in [0, 0.1) is 3.57 Å². The Balaban J connectivity index is 2.69. The normalized spacial score (nSPS) is 12.7. The van der Waals surface area contributed by atoms with Crippen LogP contribution in [0.5, 0.6) is 0 Å². The topological polar surface area (TPSA) is 43.8 Å². The van der Waals surface area contributed by atoms with E-state index >= 15 is 0 Å². The van der Waals surface area contributed by atoms with Crippen LogP contribution in [-0.2, 0) is 12.4 Å². The van der Waals surface area contributed by atoms with Crippen molar-refractivity contribution in [2.75, 3.05) is 5.73 Å². The first-order chi connectivity index (χ1) is 10.3. The fourth-order valence-electron chi connectivity index (χ4n) is 1.70. The molecule has 126 valence electrons. The minimum absolute atomic E-state index is 0.368. The molecule has 0 aliphatic heterocycles. The molecule has 0 saturated carbocycles. The van der Waals surface area contributed by atoms with E-state index in [1.54, 1.807) is 0 Å². The first kappa shape index (κ1) is 18.5. The van der Waals surface area contributed by atoms with Crippen LogP contribution in [0.2, 0.25) is 10.0 Å². The maximum absolute atomic E-state index is 12.8. The first-order valence-corrected chi connectivity index (χ1v) is 7.35. The molecule has 2 aromatic rings. The minimum atomic E-state index is -4.79. The average Bonchev–Trinajstić information content (AvgIpc) is 2.65. The Morgan fingerprint density at radius 2 is 1.48 bits per heavy atom. The number of halogens is 9. The summed E-state index contributed by atoms with van der Waals surface area (Å²) in [6.07, 6.45) is -9.51. The van der Waals surface area contributed by atoms with Crippen LogP contribution >= 0.6 is 45.8 Å². The van der Waals surface area contributed by atoms with Gasteiger partial charge in [-0.15, -0.1) is 0 Å². The van der Waals surface area contributed by atoms with Crippen LogP contribution in [-0.4, -0.2) is 9.78 Å². The van der Waals surface area contributed by atoms with Crippen molar-refractivity contribution in [3.63, 3.8) is 0 Å². The lowest BCUT2D eigenvalue weighted by Crippen LogP contribution is -2.10. The third-order valence-corrected chi connectivity index (χ3v) is 4.33. The molecule has 2 N–H and O–H groups in total. The number of nitrogens with two attached hydrogens (primary N) is 1. The summed E-state index contributed by atoms with van der Waals surface area (Å²) in [5.41, 5.74) is 2.74. The molecule has 0 fully saturated rings. The van der Waals surface area contributed by atoms with Crippen LogP contribution in [0.4, 0.5) is 32.2 Å². The molecule has 0 saturated heterocycles. The van der Waals surface area contributed by atoms with Crippen molar-refractivity contribution < 1.29 is 26.3 Å². The van der Waals surface area contributed by atoms with E-state index in [0.717, 1.165) is 0 Å². The van der Waals surface area contributed by atoms with Crippen LogP contribution in [0.1, 0.15) is 11.3 Å². The lowest BCUT2D eigenvalue weighted by Gasteiger charge is -2.13. The Morgan fingerprint density at radius 1 is 1.00 bits per heavy atom. The van der Waals surface area contributed by atoms with Crippen molar-refractivity contribution in [2.45, 2.75) is 12.4 Å². The van der Waals surface area contributed by atoms with Gasteiger partial charge in [0.2, 0.25) is 0 Å². The summed E-state index contributed by atoms with van der Waals surface area (Å²) >= 11 is 12.8. The predicted molar refractivity (Wildman–Crippen MR) is 80.7 cm³/mol. The van der Waals surface area contributed by atoms with Gasteiger partial charge in [0.1, 0.15) is 11.5 Å². The van der Waals surface area contributed by atoms with E-state index in [0.29, 0.717) is 16.8 Å². The summed E-state index contributed by atoms with van der Waals surface area (Å²) in [5, 5.41) is 2.20. The highest BCUT2D eigenvalue weighted by Crippen LogP contribution is 2.40. The van der Waals surface area contributed by atoms with Gasteiger partial charge in [-0.25, -0.2) is 4.68 Å². The van der Waals surface area contributed by atoms with E-state index < -0.39 is 43.0 Å². The molecule has 0 spiro atoms. The molecule has 1 aromatic carbocycles. The lowest BCUT2D eigenvalue weighted by atomic mass is 10.2. The third kappa shape index (κ3) is 3.48. The van der Waals surface area contributed by atoms with Gasteiger partial charge in [0, 0.05) is 0 Å². The van der Waals surface area contributed by atoms with Gasteiger partial charge in [-0.05, 0) is 34.7 Å². The summed E-state index contributed by atoms with van der Waals surface area (Å²) in [5.74, 6) is -0.443. The molecule has 12 heteroatoms. The smallest absolute Gasteiger partial charge is 0.383 e. The van der Waals surface area contributed by atoms with Gasteiger partial charge in [0.05, 0.1) is 19.2 Å². The quantitative estimate of drug-likeness (QED) is 0.430. The molecule has 1 heterocycles. The Hall–Kier alpha value is -0.880. The summed E-state index contributed by atoms with van der Waals surface area (Å²) < 4.78 is 76.6. The van der Waals surface area contributed by atoms with Crippen LogP contribution in [0.25, 0.3) is 5.69 Å². The number of nitrogens with zero attached hydrogens (tertiary/aromatic N) is 2. The minimum Gasteiger partial charge on any atom is -0.383 e. The second-order valence-corrected chi connectivity index (χ2v) is 6.14. The zero-order valence-electron chi connectivity index (χ0n) is 10.5. The molecule has 0 amide bonds. The fourth-order valence-corrected chi connectivity index (χ4v) is 2.98. The van der Waals surface area contributed by atoms with Gasteiger partial charge in [0.25, 0.3) is 0 Å². The van der Waals surface area contributed by atoms with Gasteiger partial charge < -0.3 is 5.73 Å². The number of anilines is 1. The lowest BCUT2D eigenvalue weighted by molar-refractivity contribution is -0.142. The SMILES string of the molecule is Nc1c(I)c(C(F)(F)F)nn1-c1c(Cl)cc(C(F)(F)F)cc1Cl. The van der Waals surface area contributed by atoms with Crippen molar-refractivity contribution in [3.8, 4) is 5.69 Å². The first-order valence-electron chi connectivity index (χ1n) is 5.52. The molecule has 0 aliphatic carbocycles. The van der Waals surface area contributed by atoms with Gasteiger partial charge >= 0.3 is 12.4 Å². The van der Waals surface area contributed by atoms with Crippen molar-refractivity contribution in [1.82, 2.24) is 9.78 Å². The van der Waals surface area contributed by atoms with E-state index in [1.165, 1.54) is 22.6 Å². The van der Waals surface area contributed by atoms with E-state index in [9.17, 15) is 26.3 Å². The van der Waals surface area contributed by atoms with Gasteiger partial charge in [0.15, 0.2) is 5.69 Å². The molecule has 0 atom stereocenters. The Bertz CT molecular complexity index is 745. The second-order valence-electron chi connectivity index (χ2n) is 4.24. The number of nitrogen functional groups attached to an aromatic ring is 1. The van der Waals surface area contributed by atoms with Crippen molar-refractivity contribution >= 4 is 51.6 Å². The van der Waals surface area contributed by atoms with Crippen LogP contribution in [0.3, 0.4) is 0 Å². The summed E-state index contributed by atoms with van der Waals surface area (Å²) in [6.45, 7) is 0. The Labute approximate surface area is 148 Å². The summed E-state index contributed by atoms with van der Waals surface area (Å²) in [6, 6.07) is 1.06. The zero-order chi connectivity index (χ0) is 17.7. The average molecular weight is 490 g/mol. The maximum atomic E-state index is 12.8. The highest BCUT2D eigenvalue weighted by atomic mass is 127. The number of benzene rings is 1. The van der Waals surface area contributed by atoms with E-state index in [1.807, 2.05) is 0 Å². The molecular weight excluding hydrogens is 486 g/mol. The maximum Gasteiger partial charge on any atom is 0.436 e. The fraction of sp³-hybridized carbons (Fsp3) is 0.182. The molecule has 2 rings (SSSR count). The number of hydrogen-bond donors (Lipinski definition) is 1. The van der Waals surface area contributed by atoms with Crippen LogP contribution < -0.4 is 5.73 Å². The second kappa shape index (κ2) is 5.88. The van der Waals surface area contributed by atoms with Crippen molar-refractivity contribution in [2.24, 2.45) is 0 Å². The van der Waals surface area contributed by atoms with Gasteiger partial charge in [-0.2, -0.15) is 31.4 Å².